The van der Waals surface area contributed by atoms with Crippen LogP contribution in [-0.4, -0.2) is 24.7 Å². The van der Waals surface area contributed by atoms with Crippen LogP contribution in [0.25, 0.3) is 0 Å². The van der Waals surface area contributed by atoms with Crippen molar-refractivity contribution in [3.8, 4) is 5.75 Å². The molecular weight excluding hydrogens is 274 g/mol. The zero-order valence-electron chi connectivity index (χ0n) is 9.94. The van der Waals surface area contributed by atoms with E-state index >= 15 is 0 Å². The Bertz CT molecular complexity index is 451. The summed E-state index contributed by atoms with van der Waals surface area (Å²) >= 11 is 10.8. The highest BCUT2D eigenvalue weighted by Crippen LogP contribution is 2.23. The van der Waals surface area contributed by atoms with Gasteiger partial charge in [-0.1, -0.05) is 23.8 Å². The van der Waals surface area contributed by atoms with E-state index in [1.54, 1.807) is 18.2 Å². The Morgan fingerprint density at radius 3 is 2.83 bits per heavy atom. The summed E-state index contributed by atoms with van der Waals surface area (Å²) in [7, 11) is 1.35. The molecule has 0 fully saturated rings. The molecule has 1 aromatic carbocycles. The van der Waals surface area contributed by atoms with E-state index in [0.29, 0.717) is 35.8 Å². The number of ether oxygens (including phenoxy) is 2. The number of hydrogen-bond acceptors (Lipinski definition) is 4. The standard InChI is InChI=1S/C12H14ClNO3S/c1-16-11(15)3-2-6-17-10-7-8(13)4-5-9(10)12(14)18/h4-5,7H,2-3,6H2,1H3,(H2,14,18). The van der Waals surface area contributed by atoms with Crippen LogP contribution >= 0.6 is 23.8 Å². The summed E-state index contributed by atoms with van der Waals surface area (Å²) in [4.78, 5) is 11.2. The van der Waals surface area contributed by atoms with Gasteiger partial charge in [-0.2, -0.15) is 0 Å². The topological polar surface area (TPSA) is 61.5 Å². The normalized spacial score (nSPS) is 9.89. The summed E-state index contributed by atoms with van der Waals surface area (Å²) in [5.74, 6) is 0.263. The van der Waals surface area contributed by atoms with Crippen molar-refractivity contribution in [1.82, 2.24) is 0 Å². The van der Waals surface area contributed by atoms with Crippen molar-refractivity contribution in [1.29, 1.82) is 0 Å². The Hall–Kier alpha value is -1.33. The van der Waals surface area contributed by atoms with Crippen molar-refractivity contribution in [3.05, 3.63) is 28.8 Å². The van der Waals surface area contributed by atoms with Gasteiger partial charge in [0.25, 0.3) is 0 Å². The number of benzene rings is 1. The van der Waals surface area contributed by atoms with Crippen LogP contribution in [-0.2, 0) is 9.53 Å². The molecule has 1 aromatic rings. The van der Waals surface area contributed by atoms with E-state index in [-0.39, 0.29) is 11.0 Å². The molecule has 6 heteroatoms. The van der Waals surface area contributed by atoms with E-state index < -0.39 is 0 Å². The van der Waals surface area contributed by atoms with Gasteiger partial charge in [-0.3, -0.25) is 4.79 Å². The molecule has 0 amide bonds. The van der Waals surface area contributed by atoms with E-state index in [1.165, 1.54) is 7.11 Å². The van der Waals surface area contributed by atoms with Crippen molar-refractivity contribution in [2.45, 2.75) is 12.8 Å². The van der Waals surface area contributed by atoms with E-state index in [2.05, 4.69) is 4.74 Å². The molecule has 0 radical (unpaired) electrons. The summed E-state index contributed by atoms with van der Waals surface area (Å²) < 4.78 is 10.0. The van der Waals surface area contributed by atoms with Crippen molar-refractivity contribution in [2.24, 2.45) is 5.73 Å². The molecule has 98 valence electrons. The predicted molar refractivity (Wildman–Crippen MR) is 74.1 cm³/mol. The number of carbonyl (C=O) groups is 1. The molecule has 18 heavy (non-hydrogen) atoms. The third-order valence-corrected chi connectivity index (χ3v) is 2.67. The lowest BCUT2D eigenvalue weighted by molar-refractivity contribution is -0.140. The molecule has 0 aliphatic carbocycles. The molecule has 0 saturated carbocycles. The Labute approximate surface area is 116 Å². The number of esters is 1. The number of rotatable bonds is 6. The van der Waals surface area contributed by atoms with Gasteiger partial charge in [0.1, 0.15) is 10.7 Å². The summed E-state index contributed by atoms with van der Waals surface area (Å²) in [6.45, 7) is 0.366. The lowest BCUT2D eigenvalue weighted by Gasteiger charge is -2.10. The first-order chi connectivity index (χ1) is 8.54. The number of nitrogens with two attached hydrogens (primary N) is 1. The minimum absolute atomic E-state index is 0.245. The molecule has 0 bridgehead atoms. The molecule has 0 aliphatic heterocycles. The second-order valence-electron chi connectivity index (χ2n) is 3.53. The van der Waals surface area contributed by atoms with Crippen LogP contribution in [0.3, 0.4) is 0 Å². The van der Waals surface area contributed by atoms with Crippen molar-refractivity contribution in [3.63, 3.8) is 0 Å². The molecule has 0 unspecified atom stereocenters. The largest absolute Gasteiger partial charge is 0.493 e. The first-order valence-electron chi connectivity index (χ1n) is 5.33. The molecule has 0 aliphatic rings. The quantitative estimate of drug-likeness (QED) is 0.494. The maximum absolute atomic E-state index is 10.9. The van der Waals surface area contributed by atoms with Crippen LogP contribution < -0.4 is 10.5 Å². The Kier molecular flexibility index (Phi) is 5.88. The van der Waals surface area contributed by atoms with Crippen LogP contribution in [0.5, 0.6) is 5.75 Å². The molecule has 0 aromatic heterocycles. The SMILES string of the molecule is COC(=O)CCCOc1cc(Cl)ccc1C(N)=S. The number of halogens is 1. The minimum atomic E-state index is -0.265. The smallest absolute Gasteiger partial charge is 0.305 e. The van der Waals surface area contributed by atoms with Crippen LogP contribution in [0.4, 0.5) is 0 Å². The molecule has 0 saturated heterocycles. The number of hydrogen-bond donors (Lipinski definition) is 1. The van der Waals surface area contributed by atoms with Gasteiger partial charge in [-0.05, 0) is 24.6 Å². The van der Waals surface area contributed by atoms with Crippen LogP contribution in [0, 0.1) is 0 Å². The zero-order valence-corrected chi connectivity index (χ0v) is 11.5. The van der Waals surface area contributed by atoms with Crippen LogP contribution in [0.1, 0.15) is 18.4 Å². The first-order valence-corrected chi connectivity index (χ1v) is 6.12. The van der Waals surface area contributed by atoms with E-state index in [4.69, 9.17) is 34.3 Å². The lowest BCUT2D eigenvalue weighted by atomic mass is 10.2. The summed E-state index contributed by atoms with van der Waals surface area (Å²) in [6.07, 6.45) is 0.857. The van der Waals surface area contributed by atoms with Gasteiger partial charge in [0.05, 0.1) is 19.3 Å². The fourth-order valence-electron chi connectivity index (χ4n) is 1.32. The summed E-state index contributed by atoms with van der Waals surface area (Å²) in [5.41, 5.74) is 6.20. The van der Waals surface area contributed by atoms with E-state index in [0.717, 1.165) is 0 Å². The molecule has 0 atom stereocenters. The average Bonchev–Trinajstić information content (AvgIpc) is 2.34. The summed E-state index contributed by atoms with van der Waals surface area (Å²) in [6, 6.07) is 5.05. The maximum atomic E-state index is 10.9. The van der Waals surface area contributed by atoms with Gasteiger partial charge in [0.15, 0.2) is 0 Å². The number of carbonyl (C=O) groups excluding carboxylic acids is 1. The molecule has 1 rings (SSSR count). The van der Waals surface area contributed by atoms with Gasteiger partial charge in [-0.15, -0.1) is 0 Å². The molecule has 4 nitrogen and oxygen atoms in total. The zero-order chi connectivity index (χ0) is 13.5. The Morgan fingerprint density at radius 2 is 2.22 bits per heavy atom. The Morgan fingerprint density at radius 1 is 1.50 bits per heavy atom. The molecular formula is C12H14ClNO3S. The first kappa shape index (κ1) is 14.7. The van der Waals surface area contributed by atoms with Gasteiger partial charge in [0.2, 0.25) is 0 Å². The second kappa shape index (κ2) is 7.18. The van der Waals surface area contributed by atoms with Gasteiger partial charge in [-0.25, -0.2) is 0 Å². The van der Waals surface area contributed by atoms with Crippen LogP contribution in [0.15, 0.2) is 18.2 Å². The highest BCUT2D eigenvalue weighted by Gasteiger charge is 2.08. The highest BCUT2D eigenvalue weighted by atomic mass is 35.5. The van der Waals surface area contributed by atoms with Crippen LogP contribution in [0.2, 0.25) is 5.02 Å². The highest BCUT2D eigenvalue weighted by molar-refractivity contribution is 7.80. The predicted octanol–water partition coefficient (Wildman–Crippen LogP) is 2.31. The van der Waals surface area contributed by atoms with Gasteiger partial charge < -0.3 is 15.2 Å². The fraction of sp³-hybridized carbons (Fsp3) is 0.333. The van der Waals surface area contributed by atoms with Crippen molar-refractivity contribution in [2.75, 3.05) is 13.7 Å². The van der Waals surface area contributed by atoms with Gasteiger partial charge >= 0.3 is 5.97 Å². The maximum Gasteiger partial charge on any atom is 0.305 e. The Balaban J connectivity index is 2.58. The van der Waals surface area contributed by atoms with E-state index in [9.17, 15) is 4.79 Å². The van der Waals surface area contributed by atoms with E-state index in [1.807, 2.05) is 0 Å². The third kappa shape index (κ3) is 4.50. The lowest BCUT2D eigenvalue weighted by Crippen LogP contribution is -2.12. The number of methoxy groups -OCH3 is 1. The monoisotopic (exact) mass is 287 g/mol. The molecule has 2 N–H and O–H groups in total. The van der Waals surface area contributed by atoms with Crippen molar-refractivity contribution >= 4 is 34.8 Å². The summed E-state index contributed by atoms with van der Waals surface area (Å²) in [5, 5.41) is 0.540. The van der Waals surface area contributed by atoms with Gasteiger partial charge in [0, 0.05) is 11.4 Å². The fourth-order valence-corrected chi connectivity index (χ4v) is 1.65. The third-order valence-electron chi connectivity index (χ3n) is 2.22. The molecule has 0 spiro atoms. The average molecular weight is 288 g/mol. The van der Waals surface area contributed by atoms with Crippen molar-refractivity contribution < 1.29 is 14.3 Å². The minimum Gasteiger partial charge on any atom is -0.493 e. The number of thiocarbonyl (C=S) groups is 1. The second-order valence-corrected chi connectivity index (χ2v) is 4.41. The molecule has 0 heterocycles.